The van der Waals surface area contributed by atoms with Gasteiger partial charge in [0.1, 0.15) is 17.9 Å². The van der Waals surface area contributed by atoms with Crippen LogP contribution in [0.2, 0.25) is 0 Å². The minimum absolute atomic E-state index is 0.124. The lowest BCUT2D eigenvalue weighted by atomic mass is 10.0. The van der Waals surface area contributed by atoms with Gasteiger partial charge in [-0.2, -0.15) is 0 Å². The lowest BCUT2D eigenvalue weighted by Gasteiger charge is -2.30. The zero-order chi connectivity index (χ0) is 15.9. The average Bonchev–Trinajstić information content (AvgIpc) is 2.45. The van der Waals surface area contributed by atoms with Crippen LogP contribution in [0.3, 0.4) is 0 Å². The van der Waals surface area contributed by atoms with Crippen LogP contribution in [0.25, 0.3) is 0 Å². The van der Waals surface area contributed by atoms with E-state index in [1.807, 2.05) is 38.1 Å². The molecule has 0 aliphatic carbocycles. The molecule has 0 saturated carbocycles. The van der Waals surface area contributed by atoms with Gasteiger partial charge in [0.2, 0.25) is 0 Å². The highest BCUT2D eigenvalue weighted by Crippen LogP contribution is 2.16. The Morgan fingerprint density at radius 3 is 2.43 bits per heavy atom. The van der Waals surface area contributed by atoms with Crippen LogP contribution in [0.5, 0.6) is 5.75 Å². The Labute approximate surface area is 126 Å². The second kappa shape index (κ2) is 8.00. The summed E-state index contributed by atoms with van der Waals surface area (Å²) in [5.41, 5.74) is 0.146. The molecule has 21 heavy (non-hydrogen) atoms. The maximum atomic E-state index is 11.9. The first-order valence-corrected chi connectivity index (χ1v) is 7.10. The number of hydrogen-bond acceptors (Lipinski definition) is 5. The largest absolute Gasteiger partial charge is 0.491 e. The van der Waals surface area contributed by atoms with Gasteiger partial charge in [0.25, 0.3) is 0 Å². The van der Waals surface area contributed by atoms with E-state index in [-0.39, 0.29) is 25.2 Å². The van der Waals surface area contributed by atoms with Crippen molar-refractivity contribution in [2.45, 2.75) is 38.8 Å². The van der Waals surface area contributed by atoms with Crippen molar-refractivity contribution in [3.63, 3.8) is 0 Å². The van der Waals surface area contributed by atoms with Crippen molar-refractivity contribution in [2.75, 3.05) is 20.3 Å². The molecule has 0 bridgehead atoms. The Bertz CT molecular complexity index is 444. The molecule has 118 valence electrons. The number of carbonyl (C=O) groups excluding carboxylic acids is 1. The van der Waals surface area contributed by atoms with Gasteiger partial charge < -0.3 is 14.6 Å². The van der Waals surface area contributed by atoms with Crippen LogP contribution >= 0.6 is 0 Å². The number of benzene rings is 1. The van der Waals surface area contributed by atoms with Gasteiger partial charge in [-0.15, -0.1) is 0 Å². The van der Waals surface area contributed by atoms with E-state index in [2.05, 4.69) is 5.32 Å². The van der Waals surface area contributed by atoms with Crippen LogP contribution in [0.15, 0.2) is 24.3 Å². The van der Waals surface area contributed by atoms with Crippen molar-refractivity contribution in [3.05, 3.63) is 29.8 Å². The second-order valence-electron chi connectivity index (χ2n) is 5.53. The van der Waals surface area contributed by atoms with E-state index in [9.17, 15) is 4.79 Å². The number of hydrogen-bond donors (Lipinski definition) is 2. The number of aliphatic hydroxyl groups is 1. The number of aliphatic hydroxyl groups excluding tert-OH is 1. The fraction of sp³-hybridized carbons (Fsp3) is 0.562. The van der Waals surface area contributed by atoms with E-state index in [4.69, 9.17) is 14.6 Å². The van der Waals surface area contributed by atoms with Gasteiger partial charge in [-0.1, -0.05) is 12.1 Å². The van der Waals surface area contributed by atoms with Crippen molar-refractivity contribution in [1.29, 1.82) is 0 Å². The van der Waals surface area contributed by atoms with Gasteiger partial charge >= 0.3 is 5.97 Å². The molecule has 0 heterocycles. The molecule has 0 spiro atoms. The second-order valence-corrected chi connectivity index (χ2v) is 5.53. The SMILES string of the molecule is COC(=O)C(C)(COc1ccc(CCO)cc1)NC(C)C. The summed E-state index contributed by atoms with van der Waals surface area (Å²) < 4.78 is 10.5. The summed E-state index contributed by atoms with van der Waals surface area (Å²) in [7, 11) is 1.37. The highest BCUT2D eigenvalue weighted by Gasteiger charge is 2.35. The highest BCUT2D eigenvalue weighted by molar-refractivity contribution is 5.80. The van der Waals surface area contributed by atoms with Crippen LogP contribution in [0.1, 0.15) is 26.3 Å². The fourth-order valence-electron chi connectivity index (χ4n) is 2.13. The first-order chi connectivity index (χ1) is 9.91. The summed E-state index contributed by atoms with van der Waals surface area (Å²) in [6.07, 6.45) is 0.620. The number of esters is 1. The monoisotopic (exact) mass is 295 g/mol. The highest BCUT2D eigenvalue weighted by atomic mass is 16.5. The van der Waals surface area contributed by atoms with Crippen molar-refractivity contribution in [1.82, 2.24) is 5.32 Å². The van der Waals surface area contributed by atoms with Crippen molar-refractivity contribution >= 4 is 5.97 Å². The third kappa shape index (κ3) is 5.36. The molecule has 0 saturated heterocycles. The van der Waals surface area contributed by atoms with Crippen LogP contribution in [-0.2, 0) is 16.0 Å². The maximum absolute atomic E-state index is 11.9. The Morgan fingerprint density at radius 1 is 1.33 bits per heavy atom. The molecule has 0 radical (unpaired) electrons. The van der Waals surface area contributed by atoms with Gasteiger partial charge in [-0.3, -0.25) is 5.32 Å². The summed E-state index contributed by atoms with van der Waals surface area (Å²) in [4.78, 5) is 11.9. The maximum Gasteiger partial charge on any atom is 0.329 e. The van der Waals surface area contributed by atoms with Crippen LogP contribution in [0, 0.1) is 0 Å². The van der Waals surface area contributed by atoms with E-state index in [0.717, 1.165) is 5.56 Å². The van der Waals surface area contributed by atoms with E-state index in [1.165, 1.54) is 7.11 Å². The zero-order valence-electron chi connectivity index (χ0n) is 13.2. The third-order valence-corrected chi connectivity index (χ3v) is 3.09. The molecule has 1 aromatic carbocycles. The molecule has 0 aliphatic rings. The summed E-state index contributed by atoms with van der Waals surface area (Å²) in [6, 6.07) is 7.59. The van der Waals surface area contributed by atoms with Crippen LogP contribution in [0.4, 0.5) is 0 Å². The number of carbonyl (C=O) groups is 1. The number of nitrogens with one attached hydrogen (secondary N) is 1. The van der Waals surface area contributed by atoms with Gasteiger partial charge in [0.15, 0.2) is 0 Å². The molecule has 5 nitrogen and oxygen atoms in total. The Hall–Kier alpha value is -1.59. The molecule has 0 aromatic heterocycles. The van der Waals surface area contributed by atoms with Crippen molar-refractivity contribution in [2.24, 2.45) is 0 Å². The third-order valence-electron chi connectivity index (χ3n) is 3.09. The normalized spacial score (nSPS) is 13.8. The number of ether oxygens (including phenoxy) is 2. The molecular formula is C16H25NO4. The minimum atomic E-state index is -0.896. The van der Waals surface area contributed by atoms with Gasteiger partial charge in [0.05, 0.1) is 7.11 Å². The Morgan fingerprint density at radius 2 is 1.95 bits per heavy atom. The fourth-order valence-corrected chi connectivity index (χ4v) is 2.13. The molecule has 1 aromatic rings. The molecule has 1 unspecified atom stereocenters. The molecule has 1 atom stereocenters. The van der Waals surface area contributed by atoms with Gasteiger partial charge in [-0.25, -0.2) is 4.79 Å². The molecule has 0 amide bonds. The summed E-state index contributed by atoms with van der Waals surface area (Å²) in [6.45, 7) is 5.99. The van der Waals surface area contributed by atoms with E-state index in [1.54, 1.807) is 6.92 Å². The molecule has 0 fully saturated rings. The first kappa shape index (κ1) is 17.5. The van der Waals surface area contributed by atoms with Gasteiger partial charge in [-0.05, 0) is 44.9 Å². The first-order valence-electron chi connectivity index (χ1n) is 7.10. The Balaban J connectivity index is 2.70. The van der Waals surface area contributed by atoms with Crippen LogP contribution in [-0.4, -0.2) is 43.0 Å². The molecule has 1 rings (SSSR count). The number of rotatable bonds is 8. The standard InChI is InChI=1S/C16H25NO4/c1-12(2)17-16(3,15(19)20-4)11-21-14-7-5-13(6-8-14)9-10-18/h5-8,12,17-18H,9-11H2,1-4H3. The van der Waals surface area contributed by atoms with Crippen molar-refractivity contribution in [3.8, 4) is 5.75 Å². The number of methoxy groups -OCH3 is 1. The summed E-state index contributed by atoms with van der Waals surface area (Å²) in [5.74, 6) is 0.325. The zero-order valence-corrected chi connectivity index (χ0v) is 13.2. The van der Waals surface area contributed by atoms with E-state index in [0.29, 0.717) is 12.2 Å². The summed E-state index contributed by atoms with van der Waals surface area (Å²) >= 11 is 0. The predicted octanol–water partition coefficient (Wildman–Crippen LogP) is 1.53. The van der Waals surface area contributed by atoms with Crippen LogP contribution < -0.4 is 10.1 Å². The van der Waals surface area contributed by atoms with Crippen molar-refractivity contribution < 1.29 is 19.4 Å². The van der Waals surface area contributed by atoms with Gasteiger partial charge in [0, 0.05) is 12.6 Å². The molecule has 2 N–H and O–H groups in total. The quantitative estimate of drug-likeness (QED) is 0.712. The average molecular weight is 295 g/mol. The lowest BCUT2D eigenvalue weighted by Crippen LogP contribution is -2.56. The topological polar surface area (TPSA) is 67.8 Å². The molecular weight excluding hydrogens is 270 g/mol. The minimum Gasteiger partial charge on any atom is -0.491 e. The molecule has 0 aliphatic heterocycles. The van der Waals surface area contributed by atoms with E-state index >= 15 is 0 Å². The Kier molecular flexibility index (Phi) is 6.65. The lowest BCUT2D eigenvalue weighted by molar-refractivity contribution is -0.149. The van der Waals surface area contributed by atoms with E-state index < -0.39 is 5.54 Å². The smallest absolute Gasteiger partial charge is 0.329 e. The summed E-state index contributed by atoms with van der Waals surface area (Å²) in [5, 5.41) is 12.1. The molecule has 5 heteroatoms. The predicted molar refractivity (Wildman–Crippen MR) is 81.4 cm³/mol.